The van der Waals surface area contributed by atoms with Crippen LogP contribution in [0.25, 0.3) is 6.08 Å². The Morgan fingerprint density at radius 3 is 2.51 bits per heavy atom. The Labute approximate surface area is 208 Å². The highest BCUT2D eigenvalue weighted by Gasteiger charge is 2.45. The highest BCUT2D eigenvalue weighted by Crippen LogP contribution is 2.48. The fourth-order valence-electron chi connectivity index (χ4n) is 6.78. The number of nitrogens with zero attached hydrogens (tertiary/aromatic N) is 1. The SMILES string of the molecule is C[C@H]1CN(C2CCC(c3ccc(C(=O)Nc4ccccc4)cc3)C2)CCC12C=Cc1ccccc12. The number of benzene rings is 3. The Hall–Kier alpha value is -3.17. The summed E-state index contributed by atoms with van der Waals surface area (Å²) in [7, 11) is 0. The molecule has 2 aliphatic carbocycles. The van der Waals surface area contributed by atoms with Crippen LogP contribution in [0, 0.1) is 5.92 Å². The Kier molecular flexibility index (Phi) is 5.82. The van der Waals surface area contributed by atoms with E-state index in [0.717, 1.165) is 5.69 Å². The van der Waals surface area contributed by atoms with Gasteiger partial charge in [-0.3, -0.25) is 4.79 Å². The number of nitrogens with one attached hydrogen (secondary N) is 1. The molecule has 1 amide bonds. The van der Waals surface area contributed by atoms with E-state index >= 15 is 0 Å². The van der Waals surface area contributed by atoms with Crippen LogP contribution in [0.15, 0.2) is 84.9 Å². The van der Waals surface area contributed by atoms with Crippen LogP contribution in [0.4, 0.5) is 5.69 Å². The van der Waals surface area contributed by atoms with Gasteiger partial charge in [0, 0.05) is 29.3 Å². The van der Waals surface area contributed by atoms with Crippen molar-refractivity contribution < 1.29 is 4.79 Å². The Bertz CT molecular complexity index is 1230. The third-order valence-electron chi connectivity index (χ3n) is 8.82. The van der Waals surface area contributed by atoms with Gasteiger partial charge < -0.3 is 10.2 Å². The van der Waals surface area contributed by atoms with E-state index < -0.39 is 0 Å². The van der Waals surface area contributed by atoms with Gasteiger partial charge in [-0.2, -0.15) is 0 Å². The normalized spacial score (nSPS) is 27.7. The van der Waals surface area contributed by atoms with Gasteiger partial charge in [0.15, 0.2) is 0 Å². The van der Waals surface area contributed by atoms with Gasteiger partial charge in [0.2, 0.25) is 0 Å². The molecule has 178 valence electrons. The zero-order valence-electron chi connectivity index (χ0n) is 20.5. The van der Waals surface area contributed by atoms with Crippen LogP contribution in [0.1, 0.15) is 65.6 Å². The molecule has 3 unspecified atom stereocenters. The molecule has 3 aromatic rings. The molecule has 0 bridgehead atoms. The number of hydrogen-bond acceptors (Lipinski definition) is 2. The summed E-state index contributed by atoms with van der Waals surface area (Å²) in [6.07, 6.45) is 9.78. The molecule has 3 aromatic carbocycles. The molecule has 1 saturated carbocycles. The highest BCUT2D eigenvalue weighted by molar-refractivity contribution is 6.04. The first-order valence-corrected chi connectivity index (χ1v) is 13.1. The second kappa shape index (κ2) is 9.13. The van der Waals surface area contributed by atoms with Gasteiger partial charge in [-0.25, -0.2) is 0 Å². The first-order valence-electron chi connectivity index (χ1n) is 13.1. The minimum absolute atomic E-state index is 0.0502. The van der Waals surface area contributed by atoms with Crippen LogP contribution in [0.5, 0.6) is 0 Å². The van der Waals surface area contributed by atoms with E-state index in [1.807, 2.05) is 42.5 Å². The smallest absolute Gasteiger partial charge is 0.255 e. The average molecular weight is 463 g/mol. The molecule has 3 aliphatic rings. The lowest BCUT2D eigenvalue weighted by Crippen LogP contribution is -2.50. The van der Waals surface area contributed by atoms with E-state index in [1.54, 1.807) is 0 Å². The van der Waals surface area contributed by atoms with Gasteiger partial charge in [-0.05, 0) is 85.0 Å². The molecule has 1 spiro atoms. The van der Waals surface area contributed by atoms with Crippen LogP contribution in [-0.2, 0) is 5.41 Å². The Balaban J connectivity index is 1.08. The third kappa shape index (κ3) is 4.12. The Morgan fingerprint density at radius 2 is 1.71 bits per heavy atom. The maximum atomic E-state index is 12.6. The van der Waals surface area contributed by atoms with Crippen molar-refractivity contribution in [3.05, 3.63) is 107 Å². The lowest BCUT2D eigenvalue weighted by atomic mass is 9.68. The van der Waals surface area contributed by atoms with Gasteiger partial charge in [0.1, 0.15) is 0 Å². The second-order valence-electron chi connectivity index (χ2n) is 10.7. The van der Waals surface area contributed by atoms with Gasteiger partial charge in [-0.15, -0.1) is 0 Å². The molecule has 1 aliphatic heterocycles. The van der Waals surface area contributed by atoms with Crippen molar-refractivity contribution in [2.75, 3.05) is 18.4 Å². The minimum Gasteiger partial charge on any atom is -0.322 e. The monoisotopic (exact) mass is 462 g/mol. The topological polar surface area (TPSA) is 32.3 Å². The predicted octanol–water partition coefficient (Wildman–Crippen LogP) is 6.88. The molecule has 3 nitrogen and oxygen atoms in total. The standard InChI is InChI=1S/C32H34N2O/c1-23-22-34(20-19-32(23)18-17-25-7-5-6-10-30(25)32)29-16-15-27(21-29)24-11-13-26(14-12-24)31(35)33-28-8-3-2-4-9-28/h2-14,17-18,23,27,29H,15-16,19-22H2,1H3,(H,33,35)/t23-,27?,29?,32?/m0/s1. The molecule has 0 radical (unpaired) electrons. The number of fused-ring (bicyclic) bond motifs is 2. The van der Waals surface area contributed by atoms with E-state index in [0.29, 0.717) is 23.4 Å². The number of carbonyl (C=O) groups is 1. The lowest BCUT2D eigenvalue weighted by Gasteiger charge is -2.46. The lowest BCUT2D eigenvalue weighted by molar-refractivity contribution is 0.0898. The summed E-state index contributed by atoms with van der Waals surface area (Å²) in [5, 5.41) is 2.98. The van der Waals surface area contributed by atoms with E-state index in [9.17, 15) is 4.79 Å². The van der Waals surface area contributed by atoms with Crippen molar-refractivity contribution in [3.63, 3.8) is 0 Å². The zero-order chi connectivity index (χ0) is 23.8. The predicted molar refractivity (Wildman–Crippen MR) is 144 cm³/mol. The number of rotatable bonds is 4. The van der Waals surface area contributed by atoms with Crippen LogP contribution in [-0.4, -0.2) is 29.9 Å². The molecule has 3 heteroatoms. The molecular weight excluding hydrogens is 428 g/mol. The molecule has 0 aromatic heterocycles. The fraction of sp³-hybridized carbons (Fsp3) is 0.344. The summed E-state index contributed by atoms with van der Waals surface area (Å²) in [5.41, 5.74) is 6.09. The maximum Gasteiger partial charge on any atom is 0.255 e. The van der Waals surface area contributed by atoms with Crippen molar-refractivity contribution in [2.45, 2.75) is 50.0 Å². The molecule has 4 atom stereocenters. The molecule has 1 heterocycles. The van der Waals surface area contributed by atoms with Gasteiger partial charge in [0.05, 0.1) is 0 Å². The van der Waals surface area contributed by atoms with Gasteiger partial charge >= 0.3 is 0 Å². The summed E-state index contributed by atoms with van der Waals surface area (Å²) in [6, 6.07) is 27.6. The van der Waals surface area contributed by atoms with Crippen LogP contribution >= 0.6 is 0 Å². The molecule has 2 fully saturated rings. The number of hydrogen-bond donors (Lipinski definition) is 1. The van der Waals surface area contributed by atoms with E-state index in [1.165, 1.54) is 55.5 Å². The largest absolute Gasteiger partial charge is 0.322 e. The fourth-order valence-corrected chi connectivity index (χ4v) is 6.78. The zero-order valence-corrected chi connectivity index (χ0v) is 20.5. The number of piperidine rings is 1. The number of para-hydroxylation sites is 1. The quantitative estimate of drug-likeness (QED) is 0.458. The van der Waals surface area contributed by atoms with E-state index in [-0.39, 0.29) is 11.3 Å². The summed E-state index contributed by atoms with van der Waals surface area (Å²) < 4.78 is 0. The number of anilines is 1. The average Bonchev–Trinajstić information content (AvgIpc) is 3.53. The minimum atomic E-state index is -0.0502. The van der Waals surface area contributed by atoms with E-state index in [4.69, 9.17) is 0 Å². The van der Waals surface area contributed by atoms with Gasteiger partial charge in [-0.1, -0.05) is 73.7 Å². The van der Waals surface area contributed by atoms with Crippen LogP contribution < -0.4 is 5.32 Å². The first-order chi connectivity index (χ1) is 17.1. The molecular formula is C32H34N2O. The number of allylic oxidation sites excluding steroid dienone is 1. The summed E-state index contributed by atoms with van der Waals surface area (Å²) in [6.45, 7) is 4.80. The molecule has 35 heavy (non-hydrogen) atoms. The first kappa shape index (κ1) is 22.3. The highest BCUT2D eigenvalue weighted by atomic mass is 16.1. The summed E-state index contributed by atoms with van der Waals surface area (Å²) in [5.74, 6) is 1.16. The molecule has 6 rings (SSSR count). The maximum absolute atomic E-state index is 12.6. The van der Waals surface area contributed by atoms with Crippen molar-refractivity contribution in [3.8, 4) is 0 Å². The summed E-state index contributed by atoms with van der Waals surface area (Å²) in [4.78, 5) is 15.4. The number of carbonyl (C=O) groups excluding carboxylic acids is 1. The number of amides is 1. The van der Waals surface area contributed by atoms with Crippen molar-refractivity contribution in [1.29, 1.82) is 0 Å². The van der Waals surface area contributed by atoms with E-state index in [2.05, 4.69) is 65.7 Å². The van der Waals surface area contributed by atoms with Crippen molar-refractivity contribution in [1.82, 2.24) is 4.90 Å². The van der Waals surface area contributed by atoms with Gasteiger partial charge in [0.25, 0.3) is 5.91 Å². The van der Waals surface area contributed by atoms with Crippen LogP contribution in [0.3, 0.4) is 0 Å². The Morgan fingerprint density at radius 1 is 0.943 bits per heavy atom. The van der Waals surface area contributed by atoms with Crippen molar-refractivity contribution >= 4 is 17.7 Å². The molecule has 1 saturated heterocycles. The summed E-state index contributed by atoms with van der Waals surface area (Å²) >= 11 is 0. The third-order valence-corrected chi connectivity index (χ3v) is 8.82. The molecule has 1 N–H and O–H groups in total. The van der Waals surface area contributed by atoms with Crippen molar-refractivity contribution in [2.24, 2.45) is 5.92 Å². The van der Waals surface area contributed by atoms with Crippen LogP contribution in [0.2, 0.25) is 0 Å². The number of likely N-dealkylation sites (tertiary alicyclic amines) is 1. The second-order valence-corrected chi connectivity index (χ2v) is 10.7.